The van der Waals surface area contributed by atoms with Crippen LogP contribution >= 0.6 is 23.1 Å². The van der Waals surface area contributed by atoms with E-state index in [2.05, 4.69) is 29.2 Å². The minimum absolute atomic E-state index is 0.0347. The number of fused-ring (bicyclic) bond motifs is 3. The highest BCUT2D eigenvalue weighted by Gasteiger charge is 2.35. The average molecular weight is 496 g/mol. The van der Waals surface area contributed by atoms with E-state index in [1.807, 2.05) is 64.3 Å². The SMILES string of the molecule is CC(C)(C)OC(=O)C(C)(C)Sc1nc(CC(=O)OCC2c3ccccc3-c3ccccc32)cs1. The summed E-state index contributed by atoms with van der Waals surface area (Å²) >= 11 is 2.76. The van der Waals surface area contributed by atoms with Crippen molar-refractivity contribution < 1.29 is 19.1 Å². The van der Waals surface area contributed by atoms with Crippen LogP contribution in [0.1, 0.15) is 57.4 Å². The van der Waals surface area contributed by atoms with E-state index in [0.29, 0.717) is 12.3 Å². The van der Waals surface area contributed by atoms with Gasteiger partial charge in [-0.05, 0) is 56.9 Å². The van der Waals surface area contributed by atoms with Crippen molar-refractivity contribution in [1.29, 1.82) is 0 Å². The summed E-state index contributed by atoms with van der Waals surface area (Å²) in [7, 11) is 0. The molecule has 7 heteroatoms. The van der Waals surface area contributed by atoms with Crippen LogP contribution in [0.25, 0.3) is 11.1 Å². The van der Waals surface area contributed by atoms with Gasteiger partial charge in [-0.3, -0.25) is 9.59 Å². The first-order chi connectivity index (χ1) is 16.0. The van der Waals surface area contributed by atoms with Crippen molar-refractivity contribution in [3.63, 3.8) is 0 Å². The van der Waals surface area contributed by atoms with Crippen LogP contribution in [0.5, 0.6) is 0 Å². The largest absolute Gasteiger partial charge is 0.464 e. The van der Waals surface area contributed by atoms with E-state index < -0.39 is 10.3 Å². The summed E-state index contributed by atoms with van der Waals surface area (Å²) in [6, 6.07) is 16.5. The van der Waals surface area contributed by atoms with Crippen molar-refractivity contribution in [3.8, 4) is 11.1 Å². The molecule has 2 aromatic carbocycles. The maximum Gasteiger partial charge on any atom is 0.322 e. The molecule has 0 radical (unpaired) electrons. The summed E-state index contributed by atoms with van der Waals surface area (Å²) in [4.78, 5) is 29.7. The van der Waals surface area contributed by atoms with Crippen LogP contribution in [0.3, 0.4) is 0 Å². The monoisotopic (exact) mass is 495 g/mol. The summed E-state index contributed by atoms with van der Waals surface area (Å²) in [5.74, 6) is -0.569. The van der Waals surface area contributed by atoms with E-state index in [4.69, 9.17) is 9.47 Å². The summed E-state index contributed by atoms with van der Waals surface area (Å²) in [5.41, 5.74) is 4.87. The zero-order valence-corrected chi connectivity index (χ0v) is 21.7. The molecule has 0 atom stereocenters. The summed E-state index contributed by atoms with van der Waals surface area (Å²) in [6.45, 7) is 9.48. The molecular formula is C27H29NO4S2. The molecule has 0 unspecified atom stereocenters. The molecule has 4 rings (SSSR count). The first-order valence-corrected chi connectivity index (χ1v) is 12.9. The van der Waals surface area contributed by atoms with Gasteiger partial charge in [0.2, 0.25) is 0 Å². The average Bonchev–Trinajstić information content (AvgIpc) is 3.32. The molecule has 3 aromatic rings. The topological polar surface area (TPSA) is 65.5 Å². The molecular weight excluding hydrogens is 466 g/mol. The van der Waals surface area contributed by atoms with Crippen LogP contribution < -0.4 is 0 Å². The maximum absolute atomic E-state index is 12.6. The van der Waals surface area contributed by atoms with E-state index >= 15 is 0 Å². The van der Waals surface area contributed by atoms with Gasteiger partial charge in [0.05, 0.1) is 12.1 Å². The Morgan fingerprint density at radius 2 is 1.56 bits per heavy atom. The molecule has 0 aliphatic heterocycles. The molecule has 178 valence electrons. The molecule has 34 heavy (non-hydrogen) atoms. The summed E-state index contributed by atoms with van der Waals surface area (Å²) < 4.78 is 11.1. The lowest BCUT2D eigenvalue weighted by Gasteiger charge is -2.27. The number of thiazole rings is 1. The van der Waals surface area contributed by atoms with E-state index in [9.17, 15) is 9.59 Å². The number of thioether (sulfide) groups is 1. The van der Waals surface area contributed by atoms with Crippen LogP contribution in [-0.4, -0.2) is 33.9 Å². The number of ether oxygens (including phenoxy) is 2. The van der Waals surface area contributed by atoms with Gasteiger partial charge in [0.1, 0.15) is 17.0 Å². The predicted octanol–water partition coefficient (Wildman–Crippen LogP) is 6.25. The van der Waals surface area contributed by atoms with Crippen molar-refractivity contribution >= 4 is 35.0 Å². The molecule has 0 saturated heterocycles. The fourth-order valence-electron chi connectivity index (χ4n) is 3.89. The van der Waals surface area contributed by atoms with E-state index in [1.54, 1.807) is 0 Å². The number of benzene rings is 2. The Kier molecular flexibility index (Phi) is 6.87. The van der Waals surface area contributed by atoms with Crippen LogP contribution in [0.4, 0.5) is 0 Å². The van der Waals surface area contributed by atoms with Crippen LogP contribution in [-0.2, 0) is 25.5 Å². The summed E-state index contributed by atoms with van der Waals surface area (Å²) in [6.07, 6.45) is 0.0972. The lowest BCUT2D eigenvalue weighted by Crippen LogP contribution is -2.36. The van der Waals surface area contributed by atoms with Crippen molar-refractivity contribution in [1.82, 2.24) is 4.98 Å². The number of nitrogens with zero attached hydrogens (tertiary/aromatic N) is 1. The number of hydrogen-bond acceptors (Lipinski definition) is 7. The van der Waals surface area contributed by atoms with Gasteiger partial charge in [-0.25, -0.2) is 4.98 Å². The van der Waals surface area contributed by atoms with E-state index in [-0.39, 0.29) is 24.3 Å². The minimum Gasteiger partial charge on any atom is -0.464 e. The second-order valence-electron chi connectivity index (χ2n) is 9.81. The smallest absolute Gasteiger partial charge is 0.322 e. The highest BCUT2D eigenvalue weighted by molar-refractivity contribution is 8.03. The maximum atomic E-state index is 12.6. The lowest BCUT2D eigenvalue weighted by atomic mass is 9.98. The van der Waals surface area contributed by atoms with Crippen molar-refractivity contribution in [2.24, 2.45) is 0 Å². The van der Waals surface area contributed by atoms with Gasteiger partial charge in [-0.1, -0.05) is 60.3 Å². The molecule has 0 amide bonds. The Bertz CT molecular complexity index is 1160. The molecule has 1 heterocycles. The molecule has 5 nitrogen and oxygen atoms in total. The van der Waals surface area contributed by atoms with Gasteiger partial charge in [-0.15, -0.1) is 11.3 Å². The molecule has 0 spiro atoms. The Balaban J connectivity index is 1.36. The number of carbonyl (C=O) groups is 2. The molecule has 1 aliphatic rings. The third-order valence-electron chi connectivity index (χ3n) is 5.46. The minimum atomic E-state index is -0.786. The molecule has 1 aromatic heterocycles. The highest BCUT2D eigenvalue weighted by atomic mass is 32.2. The molecule has 0 fully saturated rings. The fraction of sp³-hybridized carbons (Fsp3) is 0.370. The third-order valence-corrected chi connectivity index (χ3v) is 7.63. The summed E-state index contributed by atoms with van der Waals surface area (Å²) in [5, 5.41) is 1.84. The Morgan fingerprint density at radius 1 is 0.971 bits per heavy atom. The van der Waals surface area contributed by atoms with Gasteiger partial charge in [0, 0.05) is 11.3 Å². The highest BCUT2D eigenvalue weighted by Crippen LogP contribution is 2.44. The molecule has 1 aliphatic carbocycles. The number of carbonyl (C=O) groups excluding carboxylic acids is 2. The van der Waals surface area contributed by atoms with E-state index in [0.717, 1.165) is 4.34 Å². The zero-order valence-electron chi connectivity index (χ0n) is 20.1. The van der Waals surface area contributed by atoms with Gasteiger partial charge in [-0.2, -0.15) is 0 Å². The lowest BCUT2D eigenvalue weighted by molar-refractivity contribution is -0.156. The molecule has 0 bridgehead atoms. The first-order valence-electron chi connectivity index (χ1n) is 11.2. The van der Waals surface area contributed by atoms with Gasteiger partial charge < -0.3 is 9.47 Å². The van der Waals surface area contributed by atoms with Gasteiger partial charge in [0.25, 0.3) is 0 Å². The normalized spacial score (nSPS) is 13.3. The number of hydrogen-bond donors (Lipinski definition) is 0. The Morgan fingerprint density at radius 3 is 2.15 bits per heavy atom. The number of rotatable bonds is 7. The zero-order chi connectivity index (χ0) is 24.5. The van der Waals surface area contributed by atoms with Crippen molar-refractivity contribution in [3.05, 3.63) is 70.7 Å². The predicted molar refractivity (Wildman–Crippen MR) is 136 cm³/mol. The fourth-order valence-corrected chi connectivity index (χ4v) is 6.12. The standard InChI is InChI=1S/C27H29NO4S2/c1-26(2,3)32-24(30)27(4,5)34-25-28-17(16-33-25)14-23(29)31-15-22-20-12-8-6-10-18(20)19-11-7-9-13-21(19)22/h6-13,16,22H,14-15H2,1-5H3. The van der Waals surface area contributed by atoms with Gasteiger partial charge >= 0.3 is 11.9 Å². The van der Waals surface area contributed by atoms with Gasteiger partial charge in [0.15, 0.2) is 4.34 Å². The Labute approximate surface area is 208 Å². The number of aromatic nitrogens is 1. The quantitative estimate of drug-likeness (QED) is 0.285. The van der Waals surface area contributed by atoms with Crippen molar-refractivity contribution in [2.45, 2.75) is 61.6 Å². The van der Waals surface area contributed by atoms with Crippen molar-refractivity contribution in [2.75, 3.05) is 6.61 Å². The van der Waals surface area contributed by atoms with Crippen LogP contribution in [0.15, 0.2) is 58.3 Å². The van der Waals surface area contributed by atoms with E-state index in [1.165, 1.54) is 45.4 Å². The van der Waals surface area contributed by atoms with Crippen LogP contribution in [0.2, 0.25) is 0 Å². The Hall–Kier alpha value is -2.64. The van der Waals surface area contributed by atoms with Crippen LogP contribution in [0, 0.1) is 0 Å². The number of esters is 2. The second kappa shape index (κ2) is 9.55. The second-order valence-corrected chi connectivity index (χ2v) is 12.5. The molecule has 0 N–H and O–H groups in total. The third kappa shape index (κ3) is 5.53. The first kappa shape index (κ1) is 24.5. The molecule has 0 saturated carbocycles.